The molecule has 2 unspecified atom stereocenters. The number of aliphatic hydroxyl groups excluding tert-OH is 1. The van der Waals surface area contributed by atoms with Crippen LogP contribution in [0.15, 0.2) is 0 Å². The lowest BCUT2D eigenvalue weighted by Crippen LogP contribution is -2.60. The van der Waals surface area contributed by atoms with Crippen molar-refractivity contribution in [3.63, 3.8) is 0 Å². The van der Waals surface area contributed by atoms with Gasteiger partial charge in [0.2, 0.25) is 0 Å². The Bertz CT molecular complexity index is 967. The van der Waals surface area contributed by atoms with Gasteiger partial charge in [0.05, 0.1) is 19.8 Å². The first-order valence-electron chi connectivity index (χ1n) is 10.7. The second-order valence-corrected chi connectivity index (χ2v) is 8.85. The molecule has 0 aliphatic carbocycles. The largest absolute Gasteiger partial charge is 0.527 e. The van der Waals surface area contributed by atoms with Crippen LogP contribution >= 0.6 is 0 Å². The van der Waals surface area contributed by atoms with Gasteiger partial charge < -0.3 is 14.6 Å². The SMILES string of the molecule is CC(CO)(COC(F)(F)C(F)OC(F)(F)C(F)(F)C(F)(F)OC(F)(F)F)COC(F)(F)C(F)OC(F)(F)C(F)(F)C(F)(F)OC(F)(F)F. The average Bonchev–Trinajstić information content (AvgIpc) is 2.82. The lowest BCUT2D eigenvalue weighted by molar-refractivity contribution is -0.520. The summed E-state index contributed by atoms with van der Waals surface area (Å²) in [6, 6.07) is 0. The minimum Gasteiger partial charge on any atom is -0.396 e. The van der Waals surface area contributed by atoms with Crippen LogP contribution in [0.2, 0.25) is 0 Å². The van der Waals surface area contributed by atoms with E-state index in [4.69, 9.17) is 5.11 Å². The third-order valence-electron chi connectivity index (χ3n) is 4.59. The maximum Gasteiger partial charge on any atom is 0.527 e. The number of aliphatic hydroxyl groups is 1. The van der Waals surface area contributed by atoms with Gasteiger partial charge in [0.15, 0.2) is 0 Å². The van der Waals surface area contributed by atoms with Crippen LogP contribution in [0.4, 0.5) is 105 Å². The Labute approximate surface area is 246 Å². The van der Waals surface area contributed by atoms with Gasteiger partial charge in [0.25, 0.3) is 12.7 Å². The number of ether oxygens (including phenoxy) is 6. The van der Waals surface area contributed by atoms with E-state index in [1.165, 1.54) is 9.47 Å². The average molecular weight is 784 g/mol. The Morgan fingerprint density at radius 2 is 0.708 bits per heavy atom. The van der Waals surface area contributed by atoms with Crippen LogP contribution in [0.25, 0.3) is 0 Å². The molecular weight excluding hydrogens is 772 g/mol. The normalized spacial score (nSPS) is 18.1. The molecule has 0 radical (unpaired) electrons. The Balaban J connectivity index is 5.71. The summed E-state index contributed by atoms with van der Waals surface area (Å²) in [5.74, 6) is -15.2. The molecule has 0 aliphatic rings. The van der Waals surface area contributed by atoms with Gasteiger partial charge in [-0.3, -0.25) is 9.47 Å². The van der Waals surface area contributed by atoms with Crippen LogP contribution in [0.1, 0.15) is 6.92 Å². The Morgan fingerprint density at radius 1 is 0.458 bits per heavy atom. The fourth-order valence-electron chi connectivity index (χ4n) is 2.11. The zero-order chi connectivity index (χ0) is 39.0. The summed E-state index contributed by atoms with van der Waals surface area (Å²) in [5.41, 5.74) is -3.09. The van der Waals surface area contributed by atoms with Crippen molar-refractivity contribution in [3.05, 3.63) is 0 Å². The molecule has 0 aromatic carbocycles. The van der Waals surface area contributed by atoms with Gasteiger partial charge in [-0.1, -0.05) is 6.92 Å². The summed E-state index contributed by atoms with van der Waals surface area (Å²) < 4.78 is 324. The van der Waals surface area contributed by atoms with Gasteiger partial charge in [-0.25, -0.2) is 18.3 Å². The highest BCUT2D eigenvalue weighted by Crippen LogP contribution is 2.52. The summed E-state index contributed by atoms with van der Waals surface area (Å²) in [4.78, 5) is 0. The molecular formula is C17H12F24O7. The first kappa shape index (κ1) is 46.0. The minimum atomic E-state index is -7.61. The summed E-state index contributed by atoms with van der Waals surface area (Å²) >= 11 is 0. The van der Waals surface area contributed by atoms with E-state index in [9.17, 15) is 105 Å². The van der Waals surface area contributed by atoms with Crippen LogP contribution in [0, 0.1) is 5.41 Å². The first-order chi connectivity index (χ1) is 20.6. The second-order valence-electron chi connectivity index (χ2n) is 8.85. The number of rotatable bonds is 19. The molecule has 48 heavy (non-hydrogen) atoms. The van der Waals surface area contributed by atoms with E-state index in [0.29, 0.717) is 0 Å². The zero-order valence-electron chi connectivity index (χ0n) is 21.7. The molecule has 290 valence electrons. The van der Waals surface area contributed by atoms with Crippen LogP contribution in [0.5, 0.6) is 0 Å². The monoisotopic (exact) mass is 784 g/mol. The second kappa shape index (κ2) is 14.0. The van der Waals surface area contributed by atoms with Crippen molar-refractivity contribution in [2.75, 3.05) is 19.8 Å². The van der Waals surface area contributed by atoms with Gasteiger partial charge in [0, 0.05) is 5.41 Å². The van der Waals surface area contributed by atoms with Crippen molar-refractivity contribution < 1.29 is 139 Å². The molecule has 1 N–H and O–H groups in total. The molecule has 7 nitrogen and oxygen atoms in total. The Kier molecular flexibility index (Phi) is 13.4. The maximum atomic E-state index is 13.7. The number of hydrogen-bond donors (Lipinski definition) is 1. The highest BCUT2D eigenvalue weighted by Gasteiger charge is 2.79. The lowest BCUT2D eigenvalue weighted by atomic mass is 9.94. The van der Waals surface area contributed by atoms with Crippen molar-refractivity contribution in [2.24, 2.45) is 5.41 Å². The summed E-state index contributed by atoms with van der Waals surface area (Å²) in [5, 5.41) is 9.09. The predicted molar refractivity (Wildman–Crippen MR) is 92.9 cm³/mol. The molecule has 0 aromatic heterocycles. The van der Waals surface area contributed by atoms with E-state index in [0.717, 1.165) is 0 Å². The van der Waals surface area contributed by atoms with Gasteiger partial charge in [0.1, 0.15) is 0 Å². The molecule has 0 fully saturated rings. The maximum absolute atomic E-state index is 13.7. The van der Waals surface area contributed by atoms with Crippen LogP contribution in [-0.4, -0.2) is 98.9 Å². The molecule has 0 heterocycles. The standard InChI is InChI=1S/C17H12F24O7/c1-7(2-42,3-43-8(20,21)5(18)45-12(28,29)10(24,25)14(32,33)47-16(36,37)38)4-44-9(22,23)6(19)46-13(30,31)11(26,27)15(34,35)48-17(39,40)41/h5-6,42H,2-4H2,1H3. The Morgan fingerprint density at radius 3 is 0.917 bits per heavy atom. The summed E-state index contributed by atoms with van der Waals surface area (Å²) in [6.45, 7) is -6.51. The third kappa shape index (κ3) is 11.3. The molecule has 31 heteroatoms. The molecule has 0 aliphatic heterocycles. The molecule has 0 amide bonds. The quantitative estimate of drug-likeness (QED) is 0.136. The number of hydrogen-bond acceptors (Lipinski definition) is 7. The summed E-state index contributed by atoms with van der Waals surface area (Å²) in [7, 11) is 0. The molecule has 0 spiro atoms. The van der Waals surface area contributed by atoms with Crippen LogP contribution in [0.3, 0.4) is 0 Å². The highest BCUT2D eigenvalue weighted by atomic mass is 19.4. The van der Waals surface area contributed by atoms with Crippen molar-refractivity contribution in [3.8, 4) is 0 Å². The molecule has 0 bridgehead atoms. The molecule has 2 atom stereocenters. The minimum absolute atomic E-state index is 0.136. The lowest BCUT2D eigenvalue weighted by Gasteiger charge is -2.35. The van der Waals surface area contributed by atoms with Crippen LogP contribution < -0.4 is 0 Å². The fraction of sp³-hybridized carbons (Fsp3) is 1.00. The van der Waals surface area contributed by atoms with E-state index in [1.54, 1.807) is 0 Å². The van der Waals surface area contributed by atoms with E-state index in [-0.39, 0.29) is 6.92 Å². The Hall–Kier alpha value is -1.96. The van der Waals surface area contributed by atoms with Crippen molar-refractivity contribution >= 4 is 0 Å². The van der Waals surface area contributed by atoms with E-state index in [2.05, 4.69) is 9.47 Å². The molecule has 0 aromatic rings. The first-order valence-corrected chi connectivity index (χ1v) is 10.7. The van der Waals surface area contributed by atoms with Crippen molar-refractivity contribution in [1.29, 1.82) is 0 Å². The topological polar surface area (TPSA) is 75.6 Å². The third-order valence-corrected chi connectivity index (χ3v) is 4.59. The van der Waals surface area contributed by atoms with Crippen molar-refractivity contribution in [1.82, 2.24) is 0 Å². The van der Waals surface area contributed by atoms with Gasteiger partial charge in [-0.15, -0.1) is 26.3 Å². The van der Waals surface area contributed by atoms with E-state index < -0.39 is 99.2 Å². The summed E-state index contributed by atoms with van der Waals surface area (Å²) in [6.07, 6.45) is -66.2. The molecule has 0 rings (SSSR count). The van der Waals surface area contributed by atoms with Crippen LogP contribution in [-0.2, 0) is 28.4 Å². The fourth-order valence-corrected chi connectivity index (χ4v) is 2.11. The molecule has 0 saturated carbocycles. The van der Waals surface area contributed by atoms with Gasteiger partial charge in [-0.2, -0.15) is 70.2 Å². The van der Waals surface area contributed by atoms with E-state index in [1.807, 2.05) is 9.47 Å². The highest BCUT2D eigenvalue weighted by molar-refractivity contribution is 4.88. The van der Waals surface area contributed by atoms with Gasteiger partial charge in [-0.05, 0) is 0 Å². The van der Waals surface area contributed by atoms with Gasteiger partial charge >= 0.3 is 61.2 Å². The zero-order valence-corrected chi connectivity index (χ0v) is 21.7. The van der Waals surface area contributed by atoms with E-state index >= 15 is 0 Å². The smallest absolute Gasteiger partial charge is 0.396 e. The number of halogens is 24. The van der Waals surface area contributed by atoms with Crippen molar-refractivity contribution in [2.45, 2.75) is 80.9 Å². The molecule has 0 saturated heterocycles. The number of alkyl halides is 24. The predicted octanol–water partition coefficient (Wildman–Crippen LogP) is 7.54.